The molecule has 2 rings (SSSR count). The van der Waals surface area contributed by atoms with Gasteiger partial charge in [0.05, 0.1) is 5.56 Å². The molecule has 0 saturated carbocycles. The molecule has 1 atom stereocenters. The summed E-state index contributed by atoms with van der Waals surface area (Å²) in [6, 6.07) is 3.08. The van der Waals surface area contributed by atoms with E-state index in [4.69, 9.17) is 10.2 Å². The second-order valence-electron chi connectivity index (χ2n) is 5.96. The smallest absolute Gasteiger partial charge is 0.416 e. The molecule has 1 heterocycles. The molecule has 0 aliphatic heterocycles. The number of fused-ring (bicyclic) bond motifs is 1. The van der Waals surface area contributed by atoms with Crippen LogP contribution in [0.15, 0.2) is 22.6 Å². The number of hydrogen-bond donors (Lipinski definition) is 1. The van der Waals surface area contributed by atoms with Gasteiger partial charge in [0.2, 0.25) is 0 Å². The van der Waals surface area contributed by atoms with Gasteiger partial charge in [0.25, 0.3) is 0 Å². The molecule has 0 fully saturated rings. The van der Waals surface area contributed by atoms with Gasteiger partial charge in [-0.2, -0.15) is 13.2 Å². The van der Waals surface area contributed by atoms with Crippen LogP contribution in [0.2, 0.25) is 0 Å². The van der Waals surface area contributed by atoms with E-state index in [1.54, 1.807) is 0 Å². The van der Waals surface area contributed by atoms with Crippen LogP contribution in [0.5, 0.6) is 0 Å². The van der Waals surface area contributed by atoms with Gasteiger partial charge in [0.1, 0.15) is 5.52 Å². The zero-order valence-corrected chi connectivity index (χ0v) is 11.6. The minimum absolute atomic E-state index is 0.127. The van der Waals surface area contributed by atoms with Gasteiger partial charge < -0.3 is 10.2 Å². The third-order valence-electron chi connectivity index (χ3n) is 3.27. The van der Waals surface area contributed by atoms with Gasteiger partial charge in [-0.3, -0.25) is 0 Å². The average Bonchev–Trinajstić information content (AvgIpc) is 2.67. The number of alkyl halides is 3. The Hall–Kier alpha value is -1.56. The predicted octanol–water partition coefficient (Wildman–Crippen LogP) is 3.76. The van der Waals surface area contributed by atoms with Crippen molar-refractivity contribution in [2.45, 2.75) is 39.4 Å². The van der Waals surface area contributed by atoms with E-state index in [1.165, 1.54) is 6.07 Å². The molecule has 0 aliphatic rings. The number of aromatic nitrogens is 1. The Morgan fingerprint density at radius 3 is 2.45 bits per heavy atom. The Kier molecular flexibility index (Phi) is 3.54. The molecule has 0 radical (unpaired) electrons. The minimum Gasteiger partial charge on any atom is -0.441 e. The monoisotopic (exact) mass is 286 g/mol. The lowest BCUT2D eigenvalue weighted by atomic mass is 9.85. The fourth-order valence-electron chi connectivity index (χ4n) is 1.73. The van der Waals surface area contributed by atoms with E-state index in [9.17, 15) is 13.2 Å². The largest absolute Gasteiger partial charge is 0.441 e. The first-order valence-corrected chi connectivity index (χ1v) is 6.29. The average molecular weight is 286 g/mol. The molecule has 0 aliphatic carbocycles. The van der Waals surface area contributed by atoms with E-state index in [0.717, 1.165) is 12.1 Å². The normalized spacial score (nSPS) is 14.8. The molecule has 20 heavy (non-hydrogen) atoms. The van der Waals surface area contributed by atoms with Gasteiger partial charge in [-0.05, 0) is 23.6 Å². The van der Waals surface area contributed by atoms with Crippen LogP contribution < -0.4 is 5.73 Å². The molecule has 110 valence electrons. The zero-order chi connectivity index (χ0) is 15.1. The van der Waals surface area contributed by atoms with Crippen molar-refractivity contribution in [3.05, 3.63) is 29.7 Å². The maximum absolute atomic E-state index is 12.6. The molecular formula is C14H17F3N2O. The molecule has 0 saturated heterocycles. The Morgan fingerprint density at radius 1 is 1.25 bits per heavy atom. The number of nitrogens with two attached hydrogens (primary N) is 1. The number of halogens is 3. The topological polar surface area (TPSA) is 52.0 Å². The Morgan fingerprint density at radius 2 is 1.90 bits per heavy atom. The summed E-state index contributed by atoms with van der Waals surface area (Å²) < 4.78 is 43.3. The zero-order valence-electron chi connectivity index (χ0n) is 11.6. The van der Waals surface area contributed by atoms with Crippen molar-refractivity contribution in [2.24, 2.45) is 11.1 Å². The highest BCUT2D eigenvalue weighted by Gasteiger charge is 2.31. The summed E-state index contributed by atoms with van der Waals surface area (Å²) in [6.07, 6.45) is -3.99. The van der Waals surface area contributed by atoms with Crippen LogP contribution in [-0.4, -0.2) is 11.0 Å². The van der Waals surface area contributed by atoms with Crippen LogP contribution >= 0.6 is 0 Å². The third kappa shape index (κ3) is 3.12. The van der Waals surface area contributed by atoms with Crippen LogP contribution in [0.3, 0.4) is 0 Å². The summed E-state index contributed by atoms with van der Waals surface area (Å²) in [4.78, 5) is 4.09. The summed E-state index contributed by atoms with van der Waals surface area (Å²) in [5, 5.41) is 0. The van der Waals surface area contributed by atoms with Gasteiger partial charge in [-0.15, -0.1) is 0 Å². The van der Waals surface area contributed by atoms with Crippen LogP contribution in [0.1, 0.15) is 32.2 Å². The quantitative estimate of drug-likeness (QED) is 0.914. The van der Waals surface area contributed by atoms with E-state index in [0.29, 0.717) is 17.9 Å². The predicted molar refractivity (Wildman–Crippen MR) is 70.1 cm³/mol. The highest BCUT2D eigenvalue weighted by Crippen LogP contribution is 2.31. The molecule has 0 bridgehead atoms. The molecule has 2 N–H and O–H groups in total. The Labute approximate surface area is 115 Å². The number of benzene rings is 1. The van der Waals surface area contributed by atoms with Crippen LogP contribution in [0, 0.1) is 5.41 Å². The van der Waals surface area contributed by atoms with Gasteiger partial charge in [-0.25, -0.2) is 4.98 Å². The summed E-state index contributed by atoms with van der Waals surface area (Å²) in [6.45, 7) is 5.96. The van der Waals surface area contributed by atoms with Crippen molar-refractivity contribution in [1.82, 2.24) is 4.98 Å². The lowest BCUT2D eigenvalue weighted by Gasteiger charge is -2.25. The van der Waals surface area contributed by atoms with Crippen molar-refractivity contribution >= 4 is 11.1 Å². The van der Waals surface area contributed by atoms with Crippen molar-refractivity contribution in [3.8, 4) is 0 Å². The molecule has 1 aromatic heterocycles. The van der Waals surface area contributed by atoms with Crippen molar-refractivity contribution < 1.29 is 17.6 Å². The van der Waals surface area contributed by atoms with E-state index in [1.807, 2.05) is 20.8 Å². The third-order valence-corrected chi connectivity index (χ3v) is 3.27. The number of hydrogen-bond acceptors (Lipinski definition) is 3. The van der Waals surface area contributed by atoms with Gasteiger partial charge in [0, 0.05) is 12.5 Å². The Balaban J connectivity index is 2.30. The SMILES string of the molecule is CC(C)(C)C(N)Cc1nc2cc(C(F)(F)F)ccc2o1. The maximum Gasteiger partial charge on any atom is 0.416 e. The highest BCUT2D eigenvalue weighted by atomic mass is 19.4. The summed E-state index contributed by atoms with van der Waals surface area (Å²) in [7, 11) is 0. The first kappa shape index (κ1) is 14.8. The van der Waals surface area contributed by atoms with E-state index < -0.39 is 11.7 Å². The summed E-state index contributed by atoms with van der Waals surface area (Å²) in [5.41, 5.74) is 5.71. The molecule has 0 spiro atoms. The number of nitrogens with zero attached hydrogens (tertiary/aromatic N) is 1. The highest BCUT2D eigenvalue weighted by molar-refractivity contribution is 5.73. The van der Waals surface area contributed by atoms with Crippen molar-refractivity contribution in [3.63, 3.8) is 0 Å². The molecular weight excluding hydrogens is 269 g/mol. The van der Waals surface area contributed by atoms with E-state index >= 15 is 0 Å². The van der Waals surface area contributed by atoms with E-state index in [-0.39, 0.29) is 17.0 Å². The van der Waals surface area contributed by atoms with Gasteiger partial charge in [-0.1, -0.05) is 20.8 Å². The van der Waals surface area contributed by atoms with Crippen molar-refractivity contribution in [1.29, 1.82) is 0 Å². The second-order valence-corrected chi connectivity index (χ2v) is 5.96. The van der Waals surface area contributed by atoms with Crippen LogP contribution in [-0.2, 0) is 12.6 Å². The van der Waals surface area contributed by atoms with Crippen LogP contribution in [0.4, 0.5) is 13.2 Å². The summed E-state index contributed by atoms with van der Waals surface area (Å²) >= 11 is 0. The second kappa shape index (κ2) is 4.77. The molecule has 0 amide bonds. The number of rotatable bonds is 2. The molecule has 2 aromatic rings. The fraction of sp³-hybridized carbons (Fsp3) is 0.500. The van der Waals surface area contributed by atoms with Gasteiger partial charge >= 0.3 is 6.18 Å². The van der Waals surface area contributed by atoms with E-state index in [2.05, 4.69) is 4.98 Å². The van der Waals surface area contributed by atoms with Gasteiger partial charge in [0.15, 0.2) is 11.5 Å². The Bertz CT molecular complexity index is 611. The fourth-order valence-corrected chi connectivity index (χ4v) is 1.73. The maximum atomic E-state index is 12.6. The lowest BCUT2D eigenvalue weighted by Crippen LogP contribution is -2.36. The van der Waals surface area contributed by atoms with Crippen molar-refractivity contribution in [2.75, 3.05) is 0 Å². The number of oxazole rings is 1. The van der Waals surface area contributed by atoms with Crippen LogP contribution in [0.25, 0.3) is 11.1 Å². The standard InChI is InChI=1S/C14H17F3N2O/c1-13(2,3)11(18)7-12-19-9-6-8(14(15,16)17)4-5-10(9)20-12/h4-6,11H,7,18H2,1-3H3. The first-order chi connectivity index (χ1) is 9.07. The molecule has 3 nitrogen and oxygen atoms in total. The molecule has 6 heteroatoms. The lowest BCUT2D eigenvalue weighted by molar-refractivity contribution is -0.137. The summed E-state index contributed by atoms with van der Waals surface area (Å²) in [5.74, 6) is 0.363. The molecule has 1 unspecified atom stereocenters. The minimum atomic E-state index is -4.38. The molecule has 1 aromatic carbocycles. The first-order valence-electron chi connectivity index (χ1n) is 6.29.